The van der Waals surface area contributed by atoms with Crippen molar-refractivity contribution < 1.29 is 37.0 Å². The van der Waals surface area contributed by atoms with E-state index in [0.29, 0.717) is 29.4 Å². The summed E-state index contributed by atoms with van der Waals surface area (Å²) in [5, 5.41) is 5.72. The zero-order valence-electron chi connectivity index (χ0n) is 29.0. The van der Waals surface area contributed by atoms with Crippen LogP contribution in [-0.4, -0.2) is 81.9 Å². The van der Waals surface area contributed by atoms with Crippen LogP contribution < -0.4 is 15.4 Å². The number of sulfonamides is 1. The van der Waals surface area contributed by atoms with Gasteiger partial charge < -0.3 is 29.7 Å². The van der Waals surface area contributed by atoms with Crippen LogP contribution in [0.5, 0.6) is 0 Å². The van der Waals surface area contributed by atoms with Crippen molar-refractivity contribution in [2.24, 2.45) is 0 Å². The van der Waals surface area contributed by atoms with Gasteiger partial charge in [0.1, 0.15) is 23.6 Å². The minimum atomic E-state index is -4.32. The normalized spacial score (nSPS) is 12.7. The van der Waals surface area contributed by atoms with E-state index in [1.807, 2.05) is 0 Å². The second-order valence-electron chi connectivity index (χ2n) is 11.6. The van der Waals surface area contributed by atoms with Crippen LogP contribution in [0.15, 0.2) is 71.6 Å². The van der Waals surface area contributed by atoms with Gasteiger partial charge in [-0.1, -0.05) is 82.8 Å². The highest BCUT2D eigenvalue weighted by Gasteiger charge is 2.33. The van der Waals surface area contributed by atoms with E-state index in [-0.39, 0.29) is 45.6 Å². The molecule has 0 aliphatic carbocycles. The molecule has 17 heteroatoms. The van der Waals surface area contributed by atoms with E-state index in [2.05, 4.69) is 15.4 Å². The maximum absolute atomic E-state index is 14.3. The third kappa shape index (κ3) is 13.4. The van der Waals surface area contributed by atoms with Crippen LogP contribution in [-0.2, 0) is 46.9 Å². The molecule has 12 nitrogen and oxygen atoms in total. The summed E-state index contributed by atoms with van der Waals surface area (Å²) in [7, 11) is -4.32. The summed E-state index contributed by atoms with van der Waals surface area (Å²) in [5.41, 5.74) is 1.24. The summed E-state index contributed by atoms with van der Waals surface area (Å²) in [6, 6.07) is 14.2. The monoisotopic (exact) mass is 818 g/mol. The number of hydrogen-bond donors (Lipinski definition) is 3. The van der Waals surface area contributed by atoms with Crippen molar-refractivity contribution in [2.45, 2.75) is 70.0 Å². The number of benzene rings is 3. The van der Waals surface area contributed by atoms with Crippen molar-refractivity contribution in [1.82, 2.24) is 20.3 Å². The molecule has 0 aliphatic rings. The number of amides is 3. The fourth-order valence-electron chi connectivity index (χ4n) is 4.90. The summed E-state index contributed by atoms with van der Waals surface area (Å²) in [4.78, 5) is 42.5. The number of alkyl carbamates (subject to hydrolysis) is 1. The first kappa shape index (κ1) is 43.3. The van der Waals surface area contributed by atoms with E-state index in [1.165, 1.54) is 23.1 Å². The standard InChI is InChI=1S/C35H42Cl4N4O8S/c1-5-49-32(50-6-2)20-43(22(3)4)34(45)29(17-24-12-14-26(37)27(38)16-24)41-33(44)30(42-35(46)51-21-23-10-8-7-9-11-23)19-40-52(47,48)31-15-13-25(36)18-28(31)39/h7-16,18,22,29-30,32,40H,5-6,17,19-21H2,1-4H3,(H,41,44)(H,42,46). The molecule has 0 saturated carbocycles. The molecule has 52 heavy (non-hydrogen) atoms. The summed E-state index contributed by atoms with van der Waals surface area (Å²) in [6.07, 6.45) is -1.80. The van der Waals surface area contributed by atoms with Gasteiger partial charge in [-0.05, 0) is 69.2 Å². The Morgan fingerprint density at radius 2 is 1.46 bits per heavy atom. The molecule has 3 aromatic rings. The number of carbonyl (C=O) groups excluding carboxylic acids is 3. The zero-order chi connectivity index (χ0) is 38.4. The predicted octanol–water partition coefficient (Wildman–Crippen LogP) is 6.24. The summed E-state index contributed by atoms with van der Waals surface area (Å²) in [6.45, 7) is 7.13. The van der Waals surface area contributed by atoms with Gasteiger partial charge in [-0.2, -0.15) is 0 Å². The van der Waals surface area contributed by atoms with Crippen molar-refractivity contribution in [3.63, 3.8) is 0 Å². The minimum absolute atomic E-state index is 0.0427. The van der Waals surface area contributed by atoms with Crippen molar-refractivity contribution in [1.29, 1.82) is 0 Å². The Hall–Kier alpha value is -3.14. The van der Waals surface area contributed by atoms with Crippen molar-refractivity contribution in [2.75, 3.05) is 26.3 Å². The summed E-state index contributed by atoms with van der Waals surface area (Å²) in [5.74, 6) is -1.40. The summed E-state index contributed by atoms with van der Waals surface area (Å²) >= 11 is 24.5. The molecule has 2 unspecified atom stereocenters. The summed E-state index contributed by atoms with van der Waals surface area (Å²) < 4.78 is 45.6. The average Bonchev–Trinajstić information content (AvgIpc) is 3.09. The van der Waals surface area contributed by atoms with Gasteiger partial charge in [0.2, 0.25) is 21.8 Å². The van der Waals surface area contributed by atoms with Gasteiger partial charge >= 0.3 is 6.09 Å². The molecule has 0 aliphatic heterocycles. The molecule has 3 aromatic carbocycles. The van der Waals surface area contributed by atoms with Crippen LogP contribution in [0.2, 0.25) is 20.1 Å². The van der Waals surface area contributed by atoms with E-state index < -0.39 is 52.8 Å². The van der Waals surface area contributed by atoms with Gasteiger partial charge in [-0.25, -0.2) is 17.9 Å². The lowest BCUT2D eigenvalue weighted by atomic mass is 10.0. The predicted molar refractivity (Wildman–Crippen MR) is 201 cm³/mol. The molecule has 0 aromatic heterocycles. The fourth-order valence-corrected chi connectivity index (χ4v) is 7.03. The Kier molecular flexibility index (Phi) is 17.4. The number of nitrogens with zero attached hydrogens (tertiary/aromatic N) is 1. The van der Waals surface area contributed by atoms with Crippen LogP contribution in [0.4, 0.5) is 4.79 Å². The Morgan fingerprint density at radius 1 is 0.788 bits per heavy atom. The lowest BCUT2D eigenvalue weighted by molar-refractivity contribution is -0.163. The molecule has 0 saturated heterocycles. The lowest BCUT2D eigenvalue weighted by Gasteiger charge is -2.34. The highest BCUT2D eigenvalue weighted by Crippen LogP contribution is 2.25. The van der Waals surface area contributed by atoms with Gasteiger partial charge in [0.05, 0.1) is 21.6 Å². The number of ether oxygens (including phenoxy) is 3. The van der Waals surface area contributed by atoms with Gasteiger partial charge in [-0.15, -0.1) is 0 Å². The number of carbonyl (C=O) groups is 3. The molecule has 3 rings (SSSR count). The minimum Gasteiger partial charge on any atom is -0.445 e. The number of nitrogens with one attached hydrogen (secondary N) is 3. The van der Waals surface area contributed by atoms with Crippen LogP contribution in [0, 0.1) is 0 Å². The van der Waals surface area contributed by atoms with Crippen LogP contribution in [0.1, 0.15) is 38.8 Å². The first-order chi connectivity index (χ1) is 24.6. The van der Waals surface area contributed by atoms with Gasteiger partial charge in [0, 0.05) is 37.2 Å². The Labute approximate surface area is 324 Å². The molecule has 2 atom stereocenters. The number of halogens is 4. The van der Waals surface area contributed by atoms with Crippen LogP contribution >= 0.6 is 46.4 Å². The first-order valence-electron chi connectivity index (χ1n) is 16.3. The van der Waals surface area contributed by atoms with Crippen molar-refractivity contribution in [3.05, 3.63) is 97.9 Å². The highest BCUT2D eigenvalue weighted by molar-refractivity contribution is 7.89. The Balaban J connectivity index is 1.95. The SMILES string of the molecule is CCOC(CN(C(=O)C(Cc1ccc(Cl)c(Cl)c1)NC(=O)C(CNS(=O)(=O)c1ccc(Cl)cc1Cl)NC(=O)OCc1ccccc1)C(C)C)OCC. The average molecular weight is 821 g/mol. The number of hydrogen-bond acceptors (Lipinski definition) is 8. The smallest absolute Gasteiger partial charge is 0.408 e. The topological polar surface area (TPSA) is 152 Å². The van der Waals surface area contributed by atoms with E-state index in [0.717, 1.165) is 0 Å². The molecule has 0 heterocycles. The molecule has 3 N–H and O–H groups in total. The molecular formula is C35H42Cl4N4O8S. The maximum Gasteiger partial charge on any atom is 0.408 e. The largest absolute Gasteiger partial charge is 0.445 e. The third-order valence-electron chi connectivity index (χ3n) is 7.48. The van der Waals surface area contributed by atoms with E-state index >= 15 is 0 Å². The van der Waals surface area contributed by atoms with Gasteiger partial charge in [-0.3, -0.25) is 9.59 Å². The maximum atomic E-state index is 14.3. The molecular weight excluding hydrogens is 778 g/mol. The Morgan fingerprint density at radius 3 is 2.06 bits per heavy atom. The zero-order valence-corrected chi connectivity index (χ0v) is 32.9. The van der Waals surface area contributed by atoms with Gasteiger partial charge in [0.15, 0.2) is 6.29 Å². The Bertz CT molecular complexity index is 1760. The molecule has 0 fully saturated rings. The van der Waals surface area contributed by atoms with Crippen molar-refractivity contribution in [3.8, 4) is 0 Å². The molecule has 284 valence electrons. The molecule has 3 amide bonds. The second kappa shape index (κ2) is 20.9. The molecule has 0 radical (unpaired) electrons. The second-order valence-corrected chi connectivity index (χ2v) is 15.0. The first-order valence-corrected chi connectivity index (χ1v) is 19.3. The van der Waals surface area contributed by atoms with E-state index in [9.17, 15) is 22.8 Å². The molecule has 0 spiro atoms. The molecule has 0 bridgehead atoms. The van der Waals surface area contributed by atoms with E-state index in [1.54, 1.807) is 76.2 Å². The number of rotatable bonds is 19. The third-order valence-corrected chi connectivity index (χ3v) is 10.4. The van der Waals surface area contributed by atoms with Crippen molar-refractivity contribution >= 4 is 74.3 Å². The highest BCUT2D eigenvalue weighted by atomic mass is 35.5. The van der Waals surface area contributed by atoms with Crippen LogP contribution in [0.3, 0.4) is 0 Å². The lowest BCUT2D eigenvalue weighted by Crippen LogP contribution is -2.59. The fraction of sp³-hybridized carbons (Fsp3) is 0.400. The van der Waals surface area contributed by atoms with E-state index in [4.69, 9.17) is 60.6 Å². The quantitative estimate of drug-likeness (QED) is 0.120. The van der Waals surface area contributed by atoms with Gasteiger partial charge in [0.25, 0.3) is 0 Å². The van der Waals surface area contributed by atoms with Crippen LogP contribution in [0.25, 0.3) is 0 Å².